The van der Waals surface area contributed by atoms with Crippen molar-refractivity contribution in [1.82, 2.24) is 5.32 Å². The van der Waals surface area contributed by atoms with Crippen LogP contribution in [0, 0.1) is 5.92 Å². The monoisotopic (exact) mass is 249 g/mol. The lowest BCUT2D eigenvalue weighted by Crippen LogP contribution is -2.24. The maximum atomic E-state index is 9.69. The van der Waals surface area contributed by atoms with Gasteiger partial charge >= 0.3 is 0 Å². The lowest BCUT2D eigenvalue weighted by Gasteiger charge is -2.21. The van der Waals surface area contributed by atoms with Crippen LogP contribution < -0.4 is 10.1 Å². The summed E-state index contributed by atoms with van der Waals surface area (Å²) >= 11 is 0. The van der Waals surface area contributed by atoms with E-state index in [9.17, 15) is 5.11 Å². The Morgan fingerprint density at radius 2 is 2.06 bits per heavy atom. The second-order valence-corrected chi connectivity index (χ2v) is 5.14. The van der Waals surface area contributed by atoms with Crippen LogP contribution in [0.25, 0.3) is 0 Å². The first kappa shape index (κ1) is 13.2. The lowest BCUT2D eigenvalue weighted by atomic mass is 9.89. The third-order valence-electron chi connectivity index (χ3n) is 3.73. The summed E-state index contributed by atoms with van der Waals surface area (Å²) in [5.74, 6) is 1.59. The molecule has 1 fully saturated rings. The molecule has 1 aromatic rings. The predicted molar refractivity (Wildman–Crippen MR) is 72.9 cm³/mol. The van der Waals surface area contributed by atoms with Crippen LogP contribution in [0.2, 0.25) is 0 Å². The minimum Gasteiger partial charge on any atom is -0.504 e. The highest BCUT2D eigenvalue weighted by atomic mass is 16.5. The van der Waals surface area contributed by atoms with Gasteiger partial charge in [0, 0.05) is 6.54 Å². The van der Waals surface area contributed by atoms with Gasteiger partial charge in [0.2, 0.25) is 0 Å². The molecule has 0 radical (unpaired) electrons. The summed E-state index contributed by atoms with van der Waals surface area (Å²) in [7, 11) is 1.57. The highest BCUT2D eigenvalue weighted by Gasteiger charge is 2.12. The number of nitrogens with one attached hydrogen (secondary N) is 1. The van der Waals surface area contributed by atoms with Gasteiger partial charge in [-0.25, -0.2) is 0 Å². The second-order valence-electron chi connectivity index (χ2n) is 5.14. The number of rotatable bonds is 5. The molecule has 100 valence electrons. The number of phenolic OH excluding ortho intramolecular Hbond substituents is 1. The van der Waals surface area contributed by atoms with Crippen molar-refractivity contribution in [2.24, 2.45) is 5.92 Å². The molecule has 1 saturated carbocycles. The Labute approximate surface area is 109 Å². The molecule has 2 N–H and O–H groups in total. The first-order chi connectivity index (χ1) is 8.79. The average Bonchev–Trinajstić information content (AvgIpc) is 2.40. The van der Waals surface area contributed by atoms with Crippen molar-refractivity contribution in [2.75, 3.05) is 13.7 Å². The van der Waals surface area contributed by atoms with Crippen molar-refractivity contribution in [3.8, 4) is 11.5 Å². The first-order valence-corrected chi connectivity index (χ1v) is 6.86. The van der Waals surface area contributed by atoms with Crippen LogP contribution in [0.3, 0.4) is 0 Å². The van der Waals surface area contributed by atoms with Crippen molar-refractivity contribution in [1.29, 1.82) is 0 Å². The number of aromatic hydroxyl groups is 1. The number of ether oxygens (including phenoxy) is 1. The van der Waals surface area contributed by atoms with Gasteiger partial charge in [0.15, 0.2) is 11.5 Å². The maximum Gasteiger partial charge on any atom is 0.160 e. The Morgan fingerprint density at radius 3 is 2.72 bits per heavy atom. The van der Waals surface area contributed by atoms with E-state index in [2.05, 4.69) is 5.32 Å². The summed E-state index contributed by atoms with van der Waals surface area (Å²) in [5.41, 5.74) is 1.10. The molecular formula is C15H23NO2. The molecule has 0 aromatic heterocycles. The topological polar surface area (TPSA) is 41.5 Å². The number of phenols is 1. The Hall–Kier alpha value is -1.22. The minimum absolute atomic E-state index is 0.217. The number of benzene rings is 1. The first-order valence-electron chi connectivity index (χ1n) is 6.86. The highest BCUT2D eigenvalue weighted by Crippen LogP contribution is 2.26. The fourth-order valence-electron chi connectivity index (χ4n) is 2.66. The molecule has 3 nitrogen and oxygen atoms in total. The second kappa shape index (κ2) is 6.64. The molecule has 2 rings (SSSR count). The summed E-state index contributed by atoms with van der Waals surface area (Å²) < 4.78 is 5.03. The minimum atomic E-state index is 0.217. The third-order valence-corrected chi connectivity index (χ3v) is 3.73. The zero-order valence-electron chi connectivity index (χ0n) is 11.1. The van der Waals surface area contributed by atoms with Gasteiger partial charge in [-0.05, 0) is 43.0 Å². The molecule has 1 aromatic carbocycles. The SMILES string of the molecule is COc1ccc(CNCC2CCCCC2)cc1O. The van der Waals surface area contributed by atoms with Crippen LogP contribution in [0.5, 0.6) is 11.5 Å². The average molecular weight is 249 g/mol. The van der Waals surface area contributed by atoms with E-state index in [-0.39, 0.29) is 5.75 Å². The van der Waals surface area contributed by atoms with Crippen LogP contribution >= 0.6 is 0 Å². The van der Waals surface area contributed by atoms with Crippen molar-refractivity contribution < 1.29 is 9.84 Å². The van der Waals surface area contributed by atoms with Crippen LogP contribution in [-0.2, 0) is 6.54 Å². The van der Waals surface area contributed by atoms with E-state index in [1.165, 1.54) is 32.1 Å². The quantitative estimate of drug-likeness (QED) is 0.842. The molecule has 18 heavy (non-hydrogen) atoms. The molecule has 0 atom stereocenters. The Morgan fingerprint density at radius 1 is 1.28 bits per heavy atom. The number of methoxy groups -OCH3 is 1. The van der Waals surface area contributed by atoms with Gasteiger partial charge in [0.1, 0.15) is 0 Å². The highest BCUT2D eigenvalue weighted by molar-refractivity contribution is 5.41. The predicted octanol–water partition coefficient (Wildman–Crippen LogP) is 3.07. The Kier molecular flexibility index (Phi) is 4.88. The molecule has 0 spiro atoms. The standard InChI is InChI=1S/C15H23NO2/c1-18-15-8-7-13(9-14(15)17)11-16-10-12-5-3-2-4-6-12/h7-9,12,16-17H,2-6,10-11H2,1H3. The van der Waals surface area contributed by atoms with E-state index in [1.54, 1.807) is 13.2 Å². The molecule has 0 bridgehead atoms. The summed E-state index contributed by atoms with van der Waals surface area (Å²) in [5, 5.41) is 13.2. The molecule has 0 aliphatic heterocycles. The van der Waals surface area contributed by atoms with Crippen molar-refractivity contribution in [3.05, 3.63) is 23.8 Å². The van der Waals surface area contributed by atoms with E-state index >= 15 is 0 Å². The largest absolute Gasteiger partial charge is 0.504 e. The Balaban J connectivity index is 1.77. The summed E-state index contributed by atoms with van der Waals surface area (Å²) in [6, 6.07) is 5.58. The van der Waals surface area contributed by atoms with E-state index in [0.29, 0.717) is 5.75 Å². The summed E-state index contributed by atoms with van der Waals surface area (Å²) in [6.07, 6.45) is 6.90. The van der Waals surface area contributed by atoms with Gasteiger partial charge in [-0.3, -0.25) is 0 Å². The zero-order chi connectivity index (χ0) is 12.8. The molecule has 0 heterocycles. The maximum absolute atomic E-state index is 9.69. The van der Waals surface area contributed by atoms with Crippen LogP contribution in [0.15, 0.2) is 18.2 Å². The van der Waals surface area contributed by atoms with E-state index in [4.69, 9.17) is 4.74 Å². The molecular weight excluding hydrogens is 226 g/mol. The van der Waals surface area contributed by atoms with Crippen LogP contribution in [-0.4, -0.2) is 18.8 Å². The van der Waals surface area contributed by atoms with Gasteiger partial charge in [-0.2, -0.15) is 0 Å². The van der Waals surface area contributed by atoms with E-state index in [1.807, 2.05) is 12.1 Å². The normalized spacial score (nSPS) is 16.7. The summed E-state index contributed by atoms with van der Waals surface area (Å²) in [4.78, 5) is 0. The fraction of sp³-hybridized carbons (Fsp3) is 0.600. The number of hydrogen-bond acceptors (Lipinski definition) is 3. The van der Waals surface area contributed by atoms with Crippen molar-refractivity contribution in [3.63, 3.8) is 0 Å². The van der Waals surface area contributed by atoms with Gasteiger partial charge in [-0.15, -0.1) is 0 Å². The number of hydrogen-bond donors (Lipinski definition) is 2. The van der Waals surface area contributed by atoms with Gasteiger partial charge in [0.25, 0.3) is 0 Å². The fourth-order valence-corrected chi connectivity index (χ4v) is 2.66. The van der Waals surface area contributed by atoms with Gasteiger partial charge in [-0.1, -0.05) is 25.3 Å². The van der Waals surface area contributed by atoms with Gasteiger partial charge < -0.3 is 15.2 Å². The molecule has 0 amide bonds. The summed E-state index contributed by atoms with van der Waals surface area (Å²) in [6.45, 7) is 1.90. The molecule has 0 unspecified atom stereocenters. The zero-order valence-corrected chi connectivity index (χ0v) is 11.1. The smallest absolute Gasteiger partial charge is 0.160 e. The van der Waals surface area contributed by atoms with Crippen LogP contribution in [0.1, 0.15) is 37.7 Å². The van der Waals surface area contributed by atoms with E-state index in [0.717, 1.165) is 24.6 Å². The van der Waals surface area contributed by atoms with Gasteiger partial charge in [0.05, 0.1) is 7.11 Å². The molecule has 1 aliphatic rings. The van der Waals surface area contributed by atoms with E-state index < -0.39 is 0 Å². The molecule has 0 saturated heterocycles. The van der Waals surface area contributed by atoms with Crippen LogP contribution in [0.4, 0.5) is 0 Å². The van der Waals surface area contributed by atoms with Crippen molar-refractivity contribution in [2.45, 2.75) is 38.6 Å². The third kappa shape index (κ3) is 3.64. The van der Waals surface area contributed by atoms with Crippen molar-refractivity contribution >= 4 is 0 Å². The Bertz CT molecular complexity index is 373. The molecule has 1 aliphatic carbocycles. The lowest BCUT2D eigenvalue weighted by molar-refractivity contribution is 0.341. The molecule has 3 heteroatoms.